The van der Waals surface area contributed by atoms with E-state index in [0.29, 0.717) is 12.4 Å². The molecule has 3 heterocycles. The van der Waals surface area contributed by atoms with Crippen LogP contribution in [-0.4, -0.2) is 20.5 Å². The molecule has 0 spiro atoms. The summed E-state index contributed by atoms with van der Waals surface area (Å²) in [6, 6.07) is 11.7. The van der Waals surface area contributed by atoms with Crippen molar-refractivity contribution < 1.29 is 9.21 Å². The summed E-state index contributed by atoms with van der Waals surface area (Å²) in [5, 5.41) is 7.72. The summed E-state index contributed by atoms with van der Waals surface area (Å²) >= 11 is 0. The number of carbonyl (C=O) groups excluding carboxylic acids is 1. The van der Waals surface area contributed by atoms with Crippen molar-refractivity contribution in [2.24, 2.45) is 0 Å². The molecule has 0 unspecified atom stereocenters. The SMILES string of the molecule is Cc1ccccc1[C@H]1C2=C(C[C@@H](c3ccco3)CC2=O)Nc2ncnn21. The lowest BCUT2D eigenvalue weighted by molar-refractivity contribution is -0.117. The zero-order chi connectivity index (χ0) is 17.7. The number of hydrogen-bond acceptors (Lipinski definition) is 5. The molecule has 2 atom stereocenters. The van der Waals surface area contributed by atoms with Gasteiger partial charge in [-0.2, -0.15) is 10.1 Å². The number of aryl methyl sites for hydroxylation is 1. The van der Waals surface area contributed by atoms with E-state index in [2.05, 4.69) is 34.5 Å². The standard InChI is InChI=1S/C20H18N4O2/c1-12-5-2-3-6-14(12)19-18-15(23-20-21-11-22-24(19)20)9-13(10-16(18)25)17-7-4-8-26-17/h2-8,11,13,19H,9-10H2,1H3,(H,21,22,23)/t13-,19+/m1/s1. The lowest BCUT2D eigenvalue weighted by Gasteiger charge is -2.35. The summed E-state index contributed by atoms with van der Waals surface area (Å²) in [5.74, 6) is 1.71. The summed E-state index contributed by atoms with van der Waals surface area (Å²) in [6.45, 7) is 2.06. The average molecular weight is 346 g/mol. The van der Waals surface area contributed by atoms with E-state index in [0.717, 1.165) is 34.6 Å². The summed E-state index contributed by atoms with van der Waals surface area (Å²) < 4.78 is 7.36. The fourth-order valence-electron chi connectivity index (χ4n) is 4.06. The number of aromatic nitrogens is 3. The maximum atomic E-state index is 13.2. The number of fused-ring (bicyclic) bond motifs is 1. The molecule has 0 radical (unpaired) electrons. The quantitative estimate of drug-likeness (QED) is 0.767. The first-order valence-electron chi connectivity index (χ1n) is 8.74. The Kier molecular flexibility index (Phi) is 3.31. The van der Waals surface area contributed by atoms with E-state index >= 15 is 0 Å². The zero-order valence-corrected chi connectivity index (χ0v) is 14.3. The molecule has 1 aliphatic carbocycles. The Morgan fingerprint density at radius 3 is 2.88 bits per heavy atom. The van der Waals surface area contributed by atoms with Gasteiger partial charge in [0, 0.05) is 23.6 Å². The fourth-order valence-corrected chi connectivity index (χ4v) is 4.06. The predicted molar refractivity (Wildman–Crippen MR) is 95.7 cm³/mol. The van der Waals surface area contributed by atoms with Crippen LogP contribution in [0.2, 0.25) is 0 Å². The Morgan fingerprint density at radius 1 is 1.19 bits per heavy atom. The van der Waals surface area contributed by atoms with Gasteiger partial charge in [0.2, 0.25) is 5.95 Å². The first-order chi connectivity index (χ1) is 12.7. The second-order valence-electron chi connectivity index (χ2n) is 6.85. The van der Waals surface area contributed by atoms with Crippen molar-refractivity contribution in [3.63, 3.8) is 0 Å². The molecule has 3 aromatic rings. The Morgan fingerprint density at radius 2 is 2.08 bits per heavy atom. The van der Waals surface area contributed by atoms with Crippen molar-refractivity contribution in [2.45, 2.75) is 31.7 Å². The molecule has 5 rings (SSSR count). The first kappa shape index (κ1) is 15.1. The van der Waals surface area contributed by atoms with Crippen molar-refractivity contribution >= 4 is 11.7 Å². The number of hydrogen-bond donors (Lipinski definition) is 1. The Hall–Kier alpha value is -3.15. The number of rotatable bonds is 2. The molecule has 1 aliphatic heterocycles. The molecule has 26 heavy (non-hydrogen) atoms. The lowest BCUT2D eigenvalue weighted by Crippen LogP contribution is -2.33. The number of ketones is 1. The van der Waals surface area contributed by atoms with Crippen LogP contribution in [0.3, 0.4) is 0 Å². The third-order valence-corrected chi connectivity index (χ3v) is 5.29. The van der Waals surface area contributed by atoms with Gasteiger partial charge < -0.3 is 9.73 Å². The van der Waals surface area contributed by atoms with Crippen LogP contribution in [-0.2, 0) is 4.79 Å². The van der Waals surface area contributed by atoms with Crippen LogP contribution in [0.15, 0.2) is 64.7 Å². The number of allylic oxidation sites excluding steroid dienone is 2. The van der Waals surface area contributed by atoms with E-state index in [1.54, 1.807) is 6.26 Å². The molecule has 0 fully saturated rings. The van der Waals surface area contributed by atoms with Crippen LogP contribution in [0.1, 0.15) is 41.7 Å². The summed E-state index contributed by atoms with van der Waals surface area (Å²) in [6.07, 6.45) is 4.36. The number of Topliss-reactive ketones (excluding diaryl/α,β-unsaturated/α-hetero) is 1. The van der Waals surface area contributed by atoms with Crippen LogP contribution in [0.25, 0.3) is 0 Å². The Bertz CT molecular complexity index is 1020. The monoisotopic (exact) mass is 346 g/mol. The van der Waals surface area contributed by atoms with Crippen LogP contribution >= 0.6 is 0 Å². The Labute approximate surface area is 150 Å². The maximum absolute atomic E-state index is 13.2. The van der Waals surface area contributed by atoms with E-state index < -0.39 is 0 Å². The molecular weight excluding hydrogens is 328 g/mol. The van der Waals surface area contributed by atoms with E-state index in [1.807, 2.05) is 28.9 Å². The highest BCUT2D eigenvalue weighted by molar-refractivity contribution is 6.00. The van der Waals surface area contributed by atoms with Gasteiger partial charge in [-0.1, -0.05) is 24.3 Å². The minimum Gasteiger partial charge on any atom is -0.469 e. The van der Waals surface area contributed by atoms with Gasteiger partial charge in [0.1, 0.15) is 18.1 Å². The van der Waals surface area contributed by atoms with Crippen molar-refractivity contribution in [1.29, 1.82) is 0 Å². The van der Waals surface area contributed by atoms with Gasteiger partial charge in [0.05, 0.1) is 6.26 Å². The maximum Gasteiger partial charge on any atom is 0.226 e. The highest BCUT2D eigenvalue weighted by Gasteiger charge is 2.40. The van der Waals surface area contributed by atoms with Gasteiger partial charge in [-0.15, -0.1) is 0 Å². The smallest absolute Gasteiger partial charge is 0.226 e. The van der Waals surface area contributed by atoms with Crippen LogP contribution in [0, 0.1) is 6.92 Å². The second kappa shape index (κ2) is 5.69. The average Bonchev–Trinajstić information content (AvgIpc) is 3.32. The molecule has 1 aromatic carbocycles. The molecule has 0 saturated heterocycles. The Balaban J connectivity index is 1.65. The molecular formula is C20H18N4O2. The van der Waals surface area contributed by atoms with E-state index in [1.165, 1.54) is 6.33 Å². The molecule has 6 heteroatoms. The third kappa shape index (κ3) is 2.22. The van der Waals surface area contributed by atoms with Gasteiger partial charge >= 0.3 is 0 Å². The molecule has 0 amide bonds. The van der Waals surface area contributed by atoms with Crippen molar-refractivity contribution in [2.75, 3.05) is 5.32 Å². The molecule has 2 aromatic heterocycles. The minimum absolute atomic E-state index is 0.0516. The number of furan rings is 1. The van der Waals surface area contributed by atoms with Crippen molar-refractivity contribution in [3.8, 4) is 0 Å². The van der Waals surface area contributed by atoms with E-state index in [-0.39, 0.29) is 17.7 Å². The number of nitrogens with one attached hydrogen (secondary N) is 1. The highest BCUT2D eigenvalue weighted by Crippen LogP contribution is 2.44. The highest BCUT2D eigenvalue weighted by atomic mass is 16.3. The predicted octanol–water partition coefficient (Wildman–Crippen LogP) is 3.60. The van der Waals surface area contributed by atoms with Crippen molar-refractivity contribution in [3.05, 3.63) is 77.1 Å². The minimum atomic E-state index is -0.241. The largest absolute Gasteiger partial charge is 0.469 e. The zero-order valence-electron chi connectivity index (χ0n) is 14.3. The first-order valence-corrected chi connectivity index (χ1v) is 8.74. The molecule has 0 bridgehead atoms. The van der Waals surface area contributed by atoms with Crippen LogP contribution < -0.4 is 5.32 Å². The van der Waals surface area contributed by atoms with Gasteiger partial charge in [-0.3, -0.25) is 4.79 Å². The van der Waals surface area contributed by atoms with Crippen molar-refractivity contribution in [1.82, 2.24) is 14.8 Å². The van der Waals surface area contributed by atoms with Gasteiger partial charge in [0.25, 0.3) is 0 Å². The number of nitrogens with zero attached hydrogens (tertiary/aromatic N) is 3. The molecule has 2 aliphatic rings. The lowest BCUT2D eigenvalue weighted by atomic mass is 9.79. The molecule has 6 nitrogen and oxygen atoms in total. The topological polar surface area (TPSA) is 73.0 Å². The van der Waals surface area contributed by atoms with Crippen LogP contribution in [0.5, 0.6) is 0 Å². The molecule has 0 saturated carbocycles. The van der Waals surface area contributed by atoms with Gasteiger partial charge in [-0.25, -0.2) is 4.68 Å². The molecule has 130 valence electrons. The van der Waals surface area contributed by atoms with Gasteiger partial charge in [0.15, 0.2) is 5.78 Å². The number of benzene rings is 1. The normalized spacial score (nSPS) is 22.0. The van der Waals surface area contributed by atoms with E-state index in [9.17, 15) is 4.79 Å². The summed E-state index contributed by atoms with van der Waals surface area (Å²) in [7, 11) is 0. The van der Waals surface area contributed by atoms with E-state index in [4.69, 9.17) is 4.42 Å². The second-order valence-corrected chi connectivity index (χ2v) is 6.85. The third-order valence-electron chi connectivity index (χ3n) is 5.29. The van der Waals surface area contributed by atoms with Gasteiger partial charge in [-0.05, 0) is 36.6 Å². The number of anilines is 1. The molecule has 1 N–H and O–H groups in total. The summed E-state index contributed by atoms with van der Waals surface area (Å²) in [4.78, 5) is 17.5. The number of carbonyl (C=O) groups is 1. The fraction of sp³-hybridized carbons (Fsp3) is 0.250. The summed E-state index contributed by atoms with van der Waals surface area (Å²) in [5.41, 5.74) is 3.93. The van der Waals surface area contributed by atoms with Crippen LogP contribution in [0.4, 0.5) is 5.95 Å².